The number of thioether (sulfide) groups is 1. The molecule has 134 valence electrons. The summed E-state index contributed by atoms with van der Waals surface area (Å²) in [6, 6.07) is 2.29. The molecule has 1 aliphatic rings. The van der Waals surface area contributed by atoms with Gasteiger partial charge >= 0.3 is 0 Å². The molecule has 2 rings (SSSR count). The average molecular weight is 373 g/mol. The molecule has 8 heteroatoms. The molecule has 1 aliphatic carbocycles. The van der Waals surface area contributed by atoms with E-state index in [1.165, 1.54) is 43.9 Å². The predicted molar refractivity (Wildman–Crippen MR) is 97.9 cm³/mol. The number of aromatic nitrogens is 2. The van der Waals surface area contributed by atoms with Crippen LogP contribution in [0.4, 0.5) is 5.82 Å². The van der Waals surface area contributed by atoms with Gasteiger partial charge in [0.25, 0.3) is 0 Å². The van der Waals surface area contributed by atoms with E-state index >= 15 is 0 Å². The average Bonchev–Trinajstić information content (AvgIpc) is 2.60. The SMILES string of the molecule is COCCNC(=O)CSc1nc(Cl)cc(N(C)C2CCCCC2)n1. The largest absolute Gasteiger partial charge is 0.383 e. The van der Waals surface area contributed by atoms with Crippen LogP contribution in [-0.2, 0) is 9.53 Å². The Hall–Kier alpha value is -1.05. The second-order valence-electron chi connectivity index (χ2n) is 5.87. The van der Waals surface area contributed by atoms with Gasteiger partial charge in [-0.3, -0.25) is 4.79 Å². The van der Waals surface area contributed by atoms with Crippen molar-refractivity contribution in [3.05, 3.63) is 11.2 Å². The normalized spacial score (nSPS) is 15.3. The van der Waals surface area contributed by atoms with E-state index in [0.29, 0.717) is 29.5 Å². The van der Waals surface area contributed by atoms with Crippen molar-refractivity contribution in [1.82, 2.24) is 15.3 Å². The maximum absolute atomic E-state index is 11.8. The molecule has 6 nitrogen and oxygen atoms in total. The maximum Gasteiger partial charge on any atom is 0.230 e. The molecule has 1 N–H and O–H groups in total. The molecular weight excluding hydrogens is 348 g/mol. The van der Waals surface area contributed by atoms with E-state index in [1.54, 1.807) is 13.2 Å². The number of rotatable bonds is 8. The van der Waals surface area contributed by atoms with Crippen LogP contribution in [0, 0.1) is 0 Å². The van der Waals surface area contributed by atoms with Crippen LogP contribution in [0.1, 0.15) is 32.1 Å². The molecular formula is C16H25ClN4O2S. The summed E-state index contributed by atoms with van der Waals surface area (Å²) < 4.78 is 4.90. The number of nitrogens with one attached hydrogen (secondary N) is 1. The fourth-order valence-corrected chi connectivity index (χ4v) is 3.67. The van der Waals surface area contributed by atoms with Crippen LogP contribution in [0.5, 0.6) is 0 Å². The highest BCUT2D eigenvalue weighted by Gasteiger charge is 2.20. The number of hydrogen-bond donors (Lipinski definition) is 1. The zero-order valence-corrected chi connectivity index (χ0v) is 15.8. The Morgan fingerprint density at radius 3 is 2.88 bits per heavy atom. The van der Waals surface area contributed by atoms with Gasteiger partial charge in [-0.05, 0) is 12.8 Å². The number of ether oxygens (including phenoxy) is 1. The number of amides is 1. The summed E-state index contributed by atoms with van der Waals surface area (Å²) in [4.78, 5) is 22.7. The van der Waals surface area contributed by atoms with Gasteiger partial charge in [0.05, 0.1) is 12.4 Å². The van der Waals surface area contributed by atoms with E-state index in [1.807, 2.05) is 0 Å². The minimum atomic E-state index is -0.0668. The first-order chi connectivity index (χ1) is 11.6. The third-order valence-electron chi connectivity index (χ3n) is 4.11. The van der Waals surface area contributed by atoms with E-state index in [0.717, 1.165) is 5.82 Å². The molecule has 1 amide bonds. The van der Waals surface area contributed by atoms with Crippen molar-refractivity contribution >= 4 is 35.1 Å². The minimum Gasteiger partial charge on any atom is -0.383 e. The summed E-state index contributed by atoms with van der Waals surface area (Å²) in [5.74, 6) is 1.02. The molecule has 0 atom stereocenters. The topological polar surface area (TPSA) is 67.3 Å². The predicted octanol–water partition coefficient (Wildman–Crippen LogP) is 2.75. The number of carbonyl (C=O) groups excluding carboxylic acids is 1. The maximum atomic E-state index is 11.8. The van der Waals surface area contributed by atoms with Gasteiger partial charge in [-0.2, -0.15) is 0 Å². The fraction of sp³-hybridized carbons (Fsp3) is 0.688. The van der Waals surface area contributed by atoms with Crippen LogP contribution in [0.25, 0.3) is 0 Å². The van der Waals surface area contributed by atoms with E-state index < -0.39 is 0 Å². The summed E-state index contributed by atoms with van der Waals surface area (Å²) in [7, 11) is 3.66. The standard InChI is InChI=1S/C16H25ClN4O2S/c1-21(12-6-4-3-5-7-12)14-10-13(17)19-16(20-14)24-11-15(22)18-8-9-23-2/h10,12H,3-9,11H2,1-2H3,(H,18,22). The van der Waals surface area contributed by atoms with Crippen LogP contribution < -0.4 is 10.2 Å². The summed E-state index contributed by atoms with van der Waals surface area (Å²) in [5, 5.41) is 3.71. The third kappa shape index (κ3) is 6.11. The van der Waals surface area contributed by atoms with Crippen molar-refractivity contribution in [3.63, 3.8) is 0 Å². The summed E-state index contributed by atoms with van der Waals surface area (Å²) in [6.45, 7) is 1.00. The van der Waals surface area contributed by atoms with Gasteiger partial charge in [0.1, 0.15) is 11.0 Å². The Morgan fingerprint density at radius 1 is 1.42 bits per heavy atom. The Balaban J connectivity index is 1.93. The number of carbonyl (C=O) groups is 1. The molecule has 0 aliphatic heterocycles. The summed E-state index contributed by atoms with van der Waals surface area (Å²) in [5.41, 5.74) is 0. The molecule has 1 aromatic rings. The molecule has 0 aromatic carbocycles. The molecule has 1 fully saturated rings. The zero-order chi connectivity index (χ0) is 17.4. The summed E-state index contributed by atoms with van der Waals surface area (Å²) >= 11 is 7.44. The molecule has 1 heterocycles. The van der Waals surface area contributed by atoms with Crippen molar-refractivity contribution in [2.45, 2.75) is 43.3 Å². The van der Waals surface area contributed by atoms with Crippen molar-refractivity contribution in [1.29, 1.82) is 0 Å². The molecule has 0 spiro atoms. The van der Waals surface area contributed by atoms with Gasteiger partial charge in [0.2, 0.25) is 5.91 Å². The lowest BCUT2D eigenvalue weighted by Crippen LogP contribution is -2.34. The van der Waals surface area contributed by atoms with Gasteiger partial charge in [-0.25, -0.2) is 9.97 Å². The Morgan fingerprint density at radius 2 is 2.17 bits per heavy atom. The van der Waals surface area contributed by atoms with Crippen LogP contribution >= 0.6 is 23.4 Å². The van der Waals surface area contributed by atoms with Crippen molar-refractivity contribution in [2.75, 3.05) is 38.0 Å². The van der Waals surface area contributed by atoms with Crippen LogP contribution in [0.3, 0.4) is 0 Å². The van der Waals surface area contributed by atoms with Gasteiger partial charge < -0.3 is 15.0 Å². The minimum absolute atomic E-state index is 0.0668. The lowest BCUT2D eigenvalue weighted by atomic mass is 9.94. The number of halogens is 1. The quantitative estimate of drug-likeness (QED) is 0.327. The van der Waals surface area contributed by atoms with Crippen molar-refractivity contribution in [3.8, 4) is 0 Å². The Labute approximate surface area is 152 Å². The zero-order valence-electron chi connectivity index (χ0n) is 14.3. The molecule has 1 saturated carbocycles. The number of nitrogens with zero attached hydrogens (tertiary/aromatic N) is 3. The first-order valence-electron chi connectivity index (χ1n) is 8.26. The van der Waals surface area contributed by atoms with E-state index in [9.17, 15) is 4.79 Å². The Kier molecular flexibility index (Phi) is 8.08. The lowest BCUT2D eigenvalue weighted by molar-refractivity contribution is -0.118. The number of methoxy groups -OCH3 is 1. The van der Waals surface area contributed by atoms with Crippen LogP contribution in [-0.4, -0.2) is 55.0 Å². The molecule has 0 unspecified atom stereocenters. The van der Waals surface area contributed by atoms with Gasteiger partial charge in [-0.15, -0.1) is 0 Å². The van der Waals surface area contributed by atoms with E-state index in [-0.39, 0.29) is 11.7 Å². The first-order valence-corrected chi connectivity index (χ1v) is 9.62. The summed E-state index contributed by atoms with van der Waals surface area (Å²) in [6.07, 6.45) is 6.20. The second-order valence-corrected chi connectivity index (χ2v) is 7.20. The van der Waals surface area contributed by atoms with Gasteiger partial charge in [0, 0.05) is 32.8 Å². The highest BCUT2D eigenvalue weighted by molar-refractivity contribution is 7.99. The Bertz CT molecular complexity index is 541. The molecule has 0 radical (unpaired) electrons. The van der Waals surface area contributed by atoms with Gasteiger partial charge in [0.15, 0.2) is 5.16 Å². The lowest BCUT2D eigenvalue weighted by Gasteiger charge is -2.32. The highest BCUT2D eigenvalue weighted by atomic mass is 35.5. The molecule has 0 bridgehead atoms. The third-order valence-corrected chi connectivity index (χ3v) is 5.15. The first kappa shape index (κ1) is 19.3. The molecule has 0 saturated heterocycles. The number of hydrogen-bond acceptors (Lipinski definition) is 6. The van der Waals surface area contributed by atoms with E-state index in [4.69, 9.17) is 16.3 Å². The van der Waals surface area contributed by atoms with Gasteiger partial charge in [-0.1, -0.05) is 42.6 Å². The fourth-order valence-electron chi connectivity index (χ4n) is 2.76. The highest BCUT2D eigenvalue weighted by Crippen LogP contribution is 2.27. The smallest absolute Gasteiger partial charge is 0.230 e. The van der Waals surface area contributed by atoms with E-state index in [2.05, 4.69) is 27.2 Å². The van der Waals surface area contributed by atoms with Crippen LogP contribution in [0.2, 0.25) is 5.15 Å². The second kappa shape index (κ2) is 10.1. The van der Waals surface area contributed by atoms with Crippen LogP contribution in [0.15, 0.2) is 11.2 Å². The van der Waals surface area contributed by atoms with Crippen molar-refractivity contribution in [2.24, 2.45) is 0 Å². The monoisotopic (exact) mass is 372 g/mol. The number of anilines is 1. The molecule has 1 aromatic heterocycles. The molecule has 24 heavy (non-hydrogen) atoms. The van der Waals surface area contributed by atoms with Crippen molar-refractivity contribution < 1.29 is 9.53 Å².